The maximum atomic E-state index is 13.7. The highest BCUT2D eigenvalue weighted by atomic mass is 16.6. The van der Waals surface area contributed by atoms with Gasteiger partial charge < -0.3 is 34.3 Å². The standard InChI is InChI=1S/C38H41N3O11/c1-19-13-29-36(47,32(19)45)17-23(18-50-30(44)16-22-7-12-27(43)28(15-22)49-6)14-26-31-35(4,5)38(31,52-21(3)42)33(20(2)37(26,29)48)51-34(46)24-8-10-25(11-9-24)40-41-39/h7-15,20,26,29,31,33,43,47-48H,16-18H2,1-6H3/t20-,26+,29-,31-,33-,36-,37-,38-/m1/s1. The van der Waals surface area contributed by atoms with Gasteiger partial charge in [-0.05, 0) is 53.4 Å². The number of carbonyl (C=O) groups excluding carboxylic acids is 4. The Morgan fingerprint density at radius 1 is 1.08 bits per heavy atom. The van der Waals surface area contributed by atoms with Crippen LogP contribution >= 0.6 is 0 Å². The number of phenolic OH excluding ortho intramolecular Hbond substituents is 1. The summed E-state index contributed by atoms with van der Waals surface area (Å²) in [5.74, 6) is -6.25. The van der Waals surface area contributed by atoms with Gasteiger partial charge in [0.2, 0.25) is 0 Å². The van der Waals surface area contributed by atoms with Crippen molar-refractivity contribution < 1.29 is 53.4 Å². The van der Waals surface area contributed by atoms with Gasteiger partial charge in [0.25, 0.3) is 0 Å². The van der Waals surface area contributed by atoms with Gasteiger partial charge in [-0.15, -0.1) is 0 Å². The third-order valence-electron chi connectivity index (χ3n) is 11.6. The number of carbonyl (C=O) groups is 4. The van der Waals surface area contributed by atoms with E-state index in [2.05, 4.69) is 10.0 Å². The van der Waals surface area contributed by atoms with E-state index in [0.29, 0.717) is 11.1 Å². The van der Waals surface area contributed by atoms with Crippen LogP contribution in [0.1, 0.15) is 57.0 Å². The molecule has 0 aliphatic heterocycles. The van der Waals surface area contributed by atoms with Crippen molar-refractivity contribution in [2.75, 3.05) is 13.7 Å². The number of hydrogen-bond acceptors (Lipinski definition) is 12. The normalized spacial score (nSPS) is 32.3. The second-order valence-electron chi connectivity index (χ2n) is 14.8. The molecule has 0 amide bonds. The summed E-state index contributed by atoms with van der Waals surface area (Å²) in [5.41, 5.74) is 3.93. The lowest BCUT2D eigenvalue weighted by Crippen LogP contribution is -2.66. The molecule has 0 unspecified atom stereocenters. The van der Waals surface area contributed by atoms with E-state index < -0.39 is 75.7 Å². The highest BCUT2D eigenvalue weighted by molar-refractivity contribution is 6.05. The lowest BCUT2D eigenvalue weighted by Gasteiger charge is -2.53. The van der Waals surface area contributed by atoms with E-state index in [9.17, 15) is 34.5 Å². The van der Waals surface area contributed by atoms with Gasteiger partial charge in [0, 0.05) is 53.0 Å². The van der Waals surface area contributed by atoms with Gasteiger partial charge in [-0.1, -0.05) is 56.2 Å². The number of phenols is 1. The highest BCUT2D eigenvalue weighted by Crippen LogP contribution is 2.77. The second kappa shape index (κ2) is 12.8. The summed E-state index contributed by atoms with van der Waals surface area (Å²) in [6.45, 7) is 7.81. The largest absolute Gasteiger partial charge is 0.504 e. The Labute approximate surface area is 299 Å². The molecule has 3 N–H and O–H groups in total. The zero-order chi connectivity index (χ0) is 38.0. The van der Waals surface area contributed by atoms with Crippen molar-refractivity contribution in [3.8, 4) is 11.5 Å². The molecular weight excluding hydrogens is 674 g/mol. The molecule has 2 fully saturated rings. The molecule has 0 saturated heterocycles. The quantitative estimate of drug-likeness (QED) is 0.0799. The smallest absolute Gasteiger partial charge is 0.338 e. The molecule has 2 aromatic carbocycles. The Bertz CT molecular complexity index is 1970. The Morgan fingerprint density at radius 2 is 1.77 bits per heavy atom. The number of aromatic hydroxyl groups is 1. The minimum Gasteiger partial charge on any atom is -0.504 e. The van der Waals surface area contributed by atoms with E-state index in [-0.39, 0.29) is 47.8 Å². The zero-order valence-electron chi connectivity index (χ0n) is 29.7. The van der Waals surface area contributed by atoms with Gasteiger partial charge in [-0.2, -0.15) is 0 Å². The molecule has 8 atom stereocenters. The van der Waals surface area contributed by atoms with Crippen molar-refractivity contribution in [2.24, 2.45) is 34.2 Å². The summed E-state index contributed by atoms with van der Waals surface area (Å²) in [6.07, 6.45) is 1.61. The van der Waals surface area contributed by atoms with Crippen LogP contribution in [-0.2, 0) is 35.0 Å². The van der Waals surface area contributed by atoms with Crippen LogP contribution in [0.2, 0.25) is 0 Å². The molecule has 14 heteroatoms. The second-order valence-corrected chi connectivity index (χ2v) is 14.8. The minimum absolute atomic E-state index is 0.0870. The van der Waals surface area contributed by atoms with Gasteiger partial charge in [-0.25, -0.2) is 4.79 Å². The van der Waals surface area contributed by atoms with Crippen LogP contribution in [0, 0.1) is 29.1 Å². The highest BCUT2D eigenvalue weighted by Gasteiger charge is 2.87. The molecule has 14 nitrogen and oxygen atoms in total. The first kappa shape index (κ1) is 36.6. The molecule has 4 aliphatic rings. The topological polar surface area (TPSA) is 215 Å². The number of nitrogens with zero attached hydrogens (tertiary/aromatic N) is 3. The van der Waals surface area contributed by atoms with Crippen LogP contribution in [0.25, 0.3) is 10.4 Å². The number of esters is 3. The van der Waals surface area contributed by atoms with Gasteiger partial charge in [0.15, 0.2) is 22.9 Å². The van der Waals surface area contributed by atoms with E-state index >= 15 is 0 Å². The van der Waals surface area contributed by atoms with Crippen LogP contribution < -0.4 is 4.74 Å². The monoisotopic (exact) mass is 715 g/mol. The van der Waals surface area contributed by atoms with Crippen molar-refractivity contribution in [1.82, 2.24) is 0 Å². The predicted molar refractivity (Wildman–Crippen MR) is 183 cm³/mol. The summed E-state index contributed by atoms with van der Waals surface area (Å²) in [4.78, 5) is 56.0. The number of azide groups is 1. The van der Waals surface area contributed by atoms with Crippen molar-refractivity contribution in [2.45, 2.75) is 70.4 Å². The van der Waals surface area contributed by atoms with Gasteiger partial charge in [0.1, 0.15) is 18.3 Å². The summed E-state index contributed by atoms with van der Waals surface area (Å²) >= 11 is 0. The lowest BCUT2D eigenvalue weighted by molar-refractivity contribution is -0.219. The number of hydrogen-bond donors (Lipinski definition) is 3. The van der Waals surface area contributed by atoms with Gasteiger partial charge in [-0.3, -0.25) is 14.4 Å². The molecule has 52 heavy (non-hydrogen) atoms. The van der Waals surface area contributed by atoms with E-state index in [1.807, 2.05) is 13.8 Å². The van der Waals surface area contributed by atoms with Crippen LogP contribution in [0.3, 0.4) is 0 Å². The third-order valence-corrected chi connectivity index (χ3v) is 11.6. The molecule has 274 valence electrons. The van der Waals surface area contributed by atoms with Crippen LogP contribution in [0.4, 0.5) is 5.69 Å². The molecule has 6 rings (SSSR count). The summed E-state index contributed by atoms with van der Waals surface area (Å²) < 4.78 is 23.1. The maximum Gasteiger partial charge on any atom is 0.338 e. The summed E-state index contributed by atoms with van der Waals surface area (Å²) in [7, 11) is 1.39. The first-order valence-corrected chi connectivity index (χ1v) is 16.9. The first-order valence-electron chi connectivity index (χ1n) is 16.9. The van der Waals surface area contributed by atoms with E-state index in [0.717, 1.165) is 0 Å². The van der Waals surface area contributed by atoms with Crippen molar-refractivity contribution in [3.63, 3.8) is 0 Å². The zero-order valence-corrected chi connectivity index (χ0v) is 29.7. The first-order chi connectivity index (χ1) is 24.4. The Hall–Kier alpha value is -5.17. The fraction of sp³-hybridized carbons (Fsp3) is 0.474. The maximum absolute atomic E-state index is 13.7. The molecule has 0 heterocycles. The number of ketones is 1. The fourth-order valence-electron chi connectivity index (χ4n) is 9.17. The number of rotatable bonds is 9. The molecule has 4 aliphatic carbocycles. The number of aliphatic hydroxyl groups is 2. The number of methoxy groups -OCH3 is 1. The van der Waals surface area contributed by atoms with Crippen molar-refractivity contribution in [3.05, 3.63) is 87.3 Å². The molecule has 0 bridgehead atoms. The predicted octanol–water partition coefficient (Wildman–Crippen LogP) is 4.82. The van der Waals surface area contributed by atoms with Gasteiger partial charge in [0.05, 0.1) is 24.7 Å². The summed E-state index contributed by atoms with van der Waals surface area (Å²) in [5, 5.41) is 38.8. The van der Waals surface area contributed by atoms with Crippen LogP contribution in [-0.4, -0.2) is 75.6 Å². The Kier molecular flexibility index (Phi) is 9.01. The Balaban J connectivity index is 1.38. The van der Waals surface area contributed by atoms with Crippen molar-refractivity contribution >= 4 is 29.4 Å². The molecule has 0 aromatic heterocycles. The minimum atomic E-state index is -2.13. The van der Waals surface area contributed by atoms with E-state index in [4.69, 9.17) is 24.5 Å². The number of benzene rings is 2. The van der Waals surface area contributed by atoms with Crippen molar-refractivity contribution in [1.29, 1.82) is 0 Å². The molecule has 2 saturated carbocycles. The fourth-order valence-corrected chi connectivity index (χ4v) is 9.17. The number of ether oxygens (including phenoxy) is 4. The average Bonchev–Trinajstić information content (AvgIpc) is 3.51. The van der Waals surface area contributed by atoms with Gasteiger partial charge >= 0.3 is 17.9 Å². The summed E-state index contributed by atoms with van der Waals surface area (Å²) in [6, 6.07) is 10.2. The van der Waals surface area contributed by atoms with Crippen LogP contribution in [0.15, 0.2) is 70.9 Å². The lowest BCUT2D eigenvalue weighted by atomic mass is 9.59. The van der Waals surface area contributed by atoms with E-state index in [1.54, 1.807) is 32.1 Å². The number of Topliss-reactive ketones (excluding diaryl/α,β-unsaturated/α-hetero) is 1. The molecule has 0 radical (unpaired) electrons. The molecule has 2 aromatic rings. The third kappa shape index (κ3) is 5.53. The molecular formula is C38H41N3O11. The molecule has 0 spiro atoms. The Morgan fingerprint density at radius 3 is 2.40 bits per heavy atom. The number of fused-ring (bicyclic) bond motifs is 5. The average molecular weight is 716 g/mol. The van der Waals surface area contributed by atoms with E-state index in [1.165, 1.54) is 50.4 Å². The van der Waals surface area contributed by atoms with Crippen LogP contribution in [0.5, 0.6) is 11.5 Å². The SMILES string of the molecule is COc1cc(CC(=O)OCC2=C[C@H]3[C@@H]4C(C)(C)[C@]4(OC(C)=O)[C@H](OC(=O)c4ccc(N=[N+]=[N-])cc4)[C@@H](C)[C@]3(O)[C@@H]3C=C(C)C(=O)[C@@]3(O)C2)ccc1O.